The van der Waals surface area contributed by atoms with Crippen molar-refractivity contribution in [1.82, 2.24) is 9.97 Å². The SMILES string of the molecule is NCC12CC(CN1c1ncccn1)C2. The van der Waals surface area contributed by atoms with Crippen LogP contribution in [0, 0.1) is 5.92 Å². The van der Waals surface area contributed by atoms with Gasteiger partial charge in [-0.05, 0) is 24.8 Å². The van der Waals surface area contributed by atoms with E-state index < -0.39 is 0 Å². The minimum absolute atomic E-state index is 0.187. The maximum absolute atomic E-state index is 5.84. The second-order valence-electron chi connectivity index (χ2n) is 4.36. The van der Waals surface area contributed by atoms with Gasteiger partial charge in [-0.1, -0.05) is 0 Å². The molecule has 2 aliphatic heterocycles. The van der Waals surface area contributed by atoms with Crippen molar-refractivity contribution in [2.75, 3.05) is 18.0 Å². The number of anilines is 1. The van der Waals surface area contributed by atoms with Crippen LogP contribution in [0.3, 0.4) is 0 Å². The number of hydrogen-bond donors (Lipinski definition) is 1. The Morgan fingerprint density at radius 1 is 1.43 bits per heavy atom. The summed E-state index contributed by atoms with van der Waals surface area (Å²) < 4.78 is 0. The van der Waals surface area contributed by atoms with E-state index in [2.05, 4.69) is 14.9 Å². The molecule has 0 amide bonds. The molecule has 1 aromatic heterocycles. The molecule has 1 aliphatic carbocycles. The number of nitrogens with two attached hydrogens (primary N) is 1. The van der Waals surface area contributed by atoms with Crippen LogP contribution in [0.2, 0.25) is 0 Å². The molecule has 74 valence electrons. The van der Waals surface area contributed by atoms with Crippen LogP contribution in [0.4, 0.5) is 5.95 Å². The molecule has 3 fully saturated rings. The second-order valence-corrected chi connectivity index (χ2v) is 4.36. The number of hydrogen-bond acceptors (Lipinski definition) is 4. The third-order valence-electron chi connectivity index (χ3n) is 3.52. The highest BCUT2D eigenvalue weighted by molar-refractivity contribution is 5.42. The van der Waals surface area contributed by atoms with Gasteiger partial charge in [0.1, 0.15) is 0 Å². The first-order chi connectivity index (χ1) is 6.84. The fourth-order valence-electron chi connectivity index (χ4n) is 2.82. The topological polar surface area (TPSA) is 55.0 Å². The van der Waals surface area contributed by atoms with Crippen molar-refractivity contribution < 1.29 is 0 Å². The number of fused-ring (bicyclic) bond motifs is 1. The van der Waals surface area contributed by atoms with Crippen molar-refractivity contribution in [1.29, 1.82) is 0 Å². The molecule has 0 unspecified atom stereocenters. The van der Waals surface area contributed by atoms with Crippen molar-refractivity contribution in [3.8, 4) is 0 Å². The van der Waals surface area contributed by atoms with E-state index in [0.717, 1.165) is 25.0 Å². The van der Waals surface area contributed by atoms with E-state index in [0.29, 0.717) is 0 Å². The van der Waals surface area contributed by atoms with Gasteiger partial charge >= 0.3 is 0 Å². The largest absolute Gasteiger partial charge is 0.334 e. The molecule has 2 N–H and O–H groups in total. The van der Waals surface area contributed by atoms with E-state index in [1.54, 1.807) is 12.4 Å². The number of aromatic nitrogens is 2. The van der Waals surface area contributed by atoms with Crippen LogP contribution in [-0.2, 0) is 0 Å². The van der Waals surface area contributed by atoms with Crippen molar-refractivity contribution in [2.45, 2.75) is 18.4 Å². The lowest BCUT2D eigenvalue weighted by Crippen LogP contribution is -2.52. The summed E-state index contributed by atoms with van der Waals surface area (Å²) in [5.74, 6) is 1.67. The molecule has 0 radical (unpaired) electrons. The summed E-state index contributed by atoms with van der Waals surface area (Å²) in [5.41, 5.74) is 6.02. The minimum Gasteiger partial charge on any atom is -0.334 e. The third kappa shape index (κ3) is 0.917. The summed E-state index contributed by atoms with van der Waals surface area (Å²) in [6.07, 6.45) is 6.04. The van der Waals surface area contributed by atoms with Crippen LogP contribution >= 0.6 is 0 Å². The third-order valence-corrected chi connectivity index (χ3v) is 3.52. The van der Waals surface area contributed by atoms with Crippen LogP contribution in [0.15, 0.2) is 18.5 Å². The van der Waals surface area contributed by atoms with Crippen LogP contribution in [0.25, 0.3) is 0 Å². The van der Waals surface area contributed by atoms with Crippen LogP contribution in [0.5, 0.6) is 0 Å². The van der Waals surface area contributed by atoms with E-state index in [-0.39, 0.29) is 5.54 Å². The van der Waals surface area contributed by atoms with E-state index in [1.165, 1.54) is 12.8 Å². The van der Waals surface area contributed by atoms with Crippen molar-refractivity contribution in [3.63, 3.8) is 0 Å². The van der Waals surface area contributed by atoms with Gasteiger partial charge in [0, 0.05) is 25.5 Å². The average Bonchev–Trinajstić information content (AvgIpc) is 2.73. The quantitative estimate of drug-likeness (QED) is 0.733. The molecule has 2 bridgehead atoms. The summed E-state index contributed by atoms with van der Waals surface area (Å²) in [4.78, 5) is 10.9. The molecule has 2 saturated heterocycles. The van der Waals surface area contributed by atoms with E-state index in [9.17, 15) is 0 Å². The zero-order valence-electron chi connectivity index (χ0n) is 8.06. The first-order valence-corrected chi connectivity index (χ1v) is 5.09. The Hall–Kier alpha value is -1.16. The molecule has 1 saturated carbocycles. The summed E-state index contributed by atoms with van der Waals surface area (Å²) in [7, 11) is 0. The Morgan fingerprint density at radius 2 is 2.14 bits per heavy atom. The van der Waals surface area contributed by atoms with Gasteiger partial charge < -0.3 is 10.6 Å². The normalized spacial score (nSPS) is 34.4. The predicted molar refractivity (Wildman–Crippen MR) is 53.9 cm³/mol. The lowest BCUT2D eigenvalue weighted by molar-refractivity contribution is 0.250. The smallest absolute Gasteiger partial charge is 0.225 e. The average molecular weight is 190 g/mol. The molecule has 0 aromatic carbocycles. The minimum atomic E-state index is 0.187. The maximum atomic E-state index is 5.84. The van der Waals surface area contributed by atoms with Gasteiger partial charge in [0.2, 0.25) is 5.95 Å². The van der Waals surface area contributed by atoms with Gasteiger partial charge in [-0.25, -0.2) is 9.97 Å². The molecule has 4 nitrogen and oxygen atoms in total. The first kappa shape index (κ1) is 8.17. The summed E-state index contributed by atoms with van der Waals surface area (Å²) in [6.45, 7) is 1.81. The monoisotopic (exact) mass is 190 g/mol. The molecule has 3 aliphatic rings. The lowest BCUT2D eigenvalue weighted by atomic mass is 9.73. The lowest BCUT2D eigenvalue weighted by Gasteiger charge is -2.41. The van der Waals surface area contributed by atoms with Gasteiger partial charge in [-0.2, -0.15) is 0 Å². The van der Waals surface area contributed by atoms with Gasteiger partial charge in [-0.15, -0.1) is 0 Å². The van der Waals surface area contributed by atoms with Gasteiger partial charge in [0.15, 0.2) is 0 Å². The molecular weight excluding hydrogens is 176 g/mol. The summed E-state index contributed by atoms with van der Waals surface area (Å²) in [6, 6.07) is 1.85. The summed E-state index contributed by atoms with van der Waals surface area (Å²) >= 11 is 0. The first-order valence-electron chi connectivity index (χ1n) is 5.09. The Kier molecular flexibility index (Phi) is 1.56. The Balaban J connectivity index is 1.93. The zero-order chi connectivity index (χ0) is 9.60. The highest BCUT2D eigenvalue weighted by Crippen LogP contribution is 2.50. The molecule has 1 aromatic rings. The number of nitrogens with zero attached hydrogens (tertiary/aromatic N) is 3. The Bertz CT molecular complexity index is 331. The Morgan fingerprint density at radius 3 is 2.79 bits per heavy atom. The van der Waals surface area contributed by atoms with Gasteiger partial charge in [0.05, 0.1) is 5.54 Å². The molecule has 4 rings (SSSR count). The van der Waals surface area contributed by atoms with Gasteiger partial charge in [0.25, 0.3) is 0 Å². The molecule has 14 heavy (non-hydrogen) atoms. The molecule has 0 atom stereocenters. The van der Waals surface area contributed by atoms with E-state index in [4.69, 9.17) is 5.73 Å². The number of rotatable bonds is 2. The second kappa shape index (κ2) is 2.67. The highest BCUT2D eigenvalue weighted by Gasteiger charge is 2.55. The van der Waals surface area contributed by atoms with Crippen LogP contribution < -0.4 is 10.6 Å². The maximum Gasteiger partial charge on any atom is 0.225 e. The van der Waals surface area contributed by atoms with E-state index in [1.807, 2.05) is 6.07 Å². The standard InChI is InChI=1S/C10H14N4/c11-7-10-4-8(5-10)6-14(10)9-12-2-1-3-13-9/h1-3,8H,4-7,11H2. The highest BCUT2D eigenvalue weighted by atomic mass is 15.3. The van der Waals surface area contributed by atoms with Crippen LogP contribution in [-0.4, -0.2) is 28.6 Å². The van der Waals surface area contributed by atoms with Crippen molar-refractivity contribution in [2.24, 2.45) is 11.7 Å². The fourth-order valence-corrected chi connectivity index (χ4v) is 2.82. The van der Waals surface area contributed by atoms with Crippen LogP contribution in [0.1, 0.15) is 12.8 Å². The molecule has 0 spiro atoms. The Labute approximate surface area is 83.1 Å². The van der Waals surface area contributed by atoms with Crippen molar-refractivity contribution >= 4 is 5.95 Å². The molecule has 4 heteroatoms. The predicted octanol–water partition coefficient (Wildman–Crippen LogP) is 0.404. The van der Waals surface area contributed by atoms with Gasteiger partial charge in [-0.3, -0.25) is 0 Å². The molecular formula is C10H14N4. The zero-order valence-corrected chi connectivity index (χ0v) is 8.06. The van der Waals surface area contributed by atoms with E-state index >= 15 is 0 Å². The fraction of sp³-hybridized carbons (Fsp3) is 0.600. The van der Waals surface area contributed by atoms with Crippen molar-refractivity contribution in [3.05, 3.63) is 18.5 Å². The summed E-state index contributed by atoms with van der Waals surface area (Å²) in [5, 5.41) is 0. The molecule has 3 heterocycles.